The minimum atomic E-state index is -3.94. The zero-order valence-corrected chi connectivity index (χ0v) is 20.0. The molecular weight excluding hydrogens is 462 g/mol. The Morgan fingerprint density at radius 2 is 1.74 bits per heavy atom. The molecule has 34 heavy (non-hydrogen) atoms. The predicted octanol–water partition coefficient (Wildman–Crippen LogP) is 0.916. The van der Waals surface area contributed by atoms with Gasteiger partial charge in [-0.05, 0) is 30.5 Å². The van der Waals surface area contributed by atoms with Gasteiger partial charge < -0.3 is 24.8 Å². The fraction of sp³-hybridized carbons (Fsp3) is 0.391. The zero-order valence-electron chi connectivity index (χ0n) is 19.2. The minimum Gasteiger partial charge on any atom is -0.493 e. The summed E-state index contributed by atoms with van der Waals surface area (Å²) in [5, 5.41) is 5.02. The number of benzene rings is 2. The van der Waals surface area contributed by atoms with E-state index in [1.54, 1.807) is 0 Å². The van der Waals surface area contributed by atoms with Crippen LogP contribution in [0.5, 0.6) is 11.5 Å². The first-order chi connectivity index (χ1) is 16.4. The van der Waals surface area contributed by atoms with Crippen LogP contribution in [-0.2, 0) is 30.8 Å². The first-order valence-corrected chi connectivity index (χ1v) is 12.3. The predicted molar refractivity (Wildman–Crippen MR) is 124 cm³/mol. The fourth-order valence-corrected chi connectivity index (χ4v) is 5.06. The molecule has 11 heteroatoms. The average molecular weight is 492 g/mol. The molecule has 0 aliphatic carbocycles. The van der Waals surface area contributed by atoms with E-state index in [1.165, 1.54) is 32.4 Å². The Labute approximate surface area is 199 Å². The molecule has 2 N–H and O–H groups in total. The third-order valence-electron chi connectivity index (χ3n) is 5.32. The SMILES string of the molecule is COc1ccc(S(=O)(=O)N2CCO[C@H]2CNC(=O)C(=O)NCCCc2ccccc2)cc1OC. The fourth-order valence-electron chi connectivity index (χ4n) is 3.53. The number of nitrogens with zero attached hydrogens (tertiary/aromatic N) is 1. The summed E-state index contributed by atoms with van der Waals surface area (Å²) in [6, 6.07) is 14.1. The number of carbonyl (C=O) groups is 2. The van der Waals surface area contributed by atoms with Crippen molar-refractivity contribution in [3.8, 4) is 11.5 Å². The number of hydrogen-bond acceptors (Lipinski definition) is 7. The lowest BCUT2D eigenvalue weighted by Crippen LogP contribution is -2.47. The van der Waals surface area contributed by atoms with Gasteiger partial charge in [-0.1, -0.05) is 30.3 Å². The van der Waals surface area contributed by atoms with Crippen LogP contribution in [0.3, 0.4) is 0 Å². The highest BCUT2D eigenvalue weighted by molar-refractivity contribution is 7.89. The van der Waals surface area contributed by atoms with Crippen molar-refractivity contribution in [2.75, 3.05) is 40.5 Å². The molecule has 0 saturated carbocycles. The molecule has 184 valence electrons. The quantitative estimate of drug-likeness (QED) is 0.374. The number of aryl methyl sites for hydroxylation is 1. The lowest BCUT2D eigenvalue weighted by Gasteiger charge is -2.23. The summed E-state index contributed by atoms with van der Waals surface area (Å²) in [4.78, 5) is 24.2. The second kappa shape index (κ2) is 11.8. The molecule has 1 aliphatic heterocycles. The maximum absolute atomic E-state index is 13.1. The van der Waals surface area contributed by atoms with Crippen molar-refractivity contribution in [1.29, 1.82) is 0 Å². The second-order valence-corrected chi connectivity index (χ2v) is 9.40. The maximum Gasteiger partial charge on any atom is 0.309 e. The average Bonchev–Trinajstić information content (AvgIpc) is 3.34. The molecule has 2 aromatic carbocycles. The maximum atomic E-state index is 13.1. The van der Waals surface area contributed by atoms with E-state index in [0.29, 0.717) is 18.7 Å². The van der Waals surface area contributed by atoms with Gasteiger partial charge >= 0.3 is 11.8 Å². The van der Waals surface area contributed by atoms with Crippen LogP contribution in [0.4, 0.5) is 0 Å². The Balaban J connectivity index is 1.52. The van der Waals surface area contributed by atoms with Gasteiger partial charge in [0.25, 0.3) is 0 Å². The van der Waals surface area contributed by atoms with Crippen LogP contribution >= 0.6 is 0 Å². The third-order valence-corrected chi connectivity index (χ3v) is 7.20. The summed E-state index contributed by atoms with van der Waals surface area (Å²) >= 11 is 0. The number of nitrogens with one attached hydrogen (secondary N) is 2. The molecular formula is C23H29N3O7S. The molecule has 2 amide bonds. The molecule has 1 aliphatic rings. The molecule has 0 unspecified atom stereocenters. The summed E-state index contributed by atoms with van der Waals surface area (Å²) in [7, 11) is -1.06. The number of methoxy groups -OCH3 is 2. The number of rotatable bonds is 10. The molecule has 3 rings (SSSR count). The first-order valence-electron chi connectivity index (χ1n) is 10.8. The van der Waals surface area contributed by atoms with E-state index in [9.17, 15) is 18.0 Å². The van der Waals surface area contributed by atoms with Crippen LogP contribution in [0.1, 0.15) is 12.0 Å². The van der Waals surface area contributed by atoms with Crippen molar-refractivity contribution >= 4 is 21.8 Å². The van der Waals surface area contributed by atoms with Crippen LogP contribution < -0.4 is 20.1 Å². The lowest BCUT2D eigenvalue weighted by atomic mass is 10.1. The molecule has 1 saturated heterocycles. The standard InChI is InChI=1S/C23H29N3O7S/c1-31-19-11-10-18(15-20(19)32-2)34(29,30)26-13-14-33-21(26)16-25-23(28)22(27)24-12-6-9-17-7-4-3-5-8-17/h3-5,7-8,10-11,15,21H,6,9,12-14,16H2,1-2H3,(H,24,27)(H,25,28)/t21-/m0/s1. The largest absolute Gasteiger partial charge is 0.493 e. The highest BCUT2D eigenvalue weighted by Gasteiger charge is 2.37. The van der Waals surface area contributed by atoms with Crippen LogP contribution in [-0.4, -0.2) is 71.2 Å². The zero-order chi connectivity index (χ0) is 24.6. The van der Waals surface area contributed by atoms with Crippen LogP contribution in [0.25, 0.3) is 0 Å². The van der Waals surface area contributed by atoms with Gasteiger partial charge in [-0.2, -0.15) is 4.31 Å². The summed E-state index contributed by atoms with van der Waals surface area (Å²) in [6.07, 6.45) is 0.529. The van der Waals surface area contributed by atoms with E-state index in [-0.39, 0.29) is 30.3 Å². The number of amides is 2. The van der Waals surface area contributed by atoms with Crippen LogP contribution in [0.2, 0.25) is 0 Å². The van der Waals surface area contributed by atoms with Crippen molar-refractivity contribution in [1.82, 2.24) is 14.9 Å². The minimum absolute atomic E-state index is 0.00290. The van der Waals surface area contributed by atoms with E-state index in [1.807, 2.05) is 30.3 Å². The van der Waals surface area contributed by atoms with Gasteiger partial charge in [-0.25, -0.2) is 8.42 Å². The Bertz CT molecular complexity index is 1090. The van der Waals surface area contributed by atoms with Gasteiger partial charge in [0, 0.05) is 19.2 Å². The Morgan fingerprint density at radius 1 is 1.03 bits per heavy atom. The Kier molecular flexibility index (Phi) is 8.85. The molecule has 2 aromatic rings. The number of ether oxygens (including phenoxy) is 3. The van der Waals surface area contributed by atoms with Crippen molar-refractivity contribution in [3.05, 3.63) is 54.1 Å². The van der Waals surface area contributed by atoms with E-state index in [0.717, 1.165) is 16.3 Å². The number of sulfonamides is 1. The van der Waals surface area contributed by atoms with E-state index in [4.69, 9.17) is 14.2 Å². The third kappa shape index (κ3) is 6.25. The molecule has 1 heterocycles. The van der Waals surface area contributed by atoms with Crippen molar-refractivity contribution < 1.29 is 32.2 Å². The molecule has 1 fully saturated rings. The molecule has 0 bridgehead atoms. The molecule has 0 spiro atoms. The van der Waals surface area contributed by atoms with Gasteiger partial charge in [0.05, 0.1) is 32.3 Å². The number of carbonyl (C=O) groups excluding carboxylic acids is 2. The number of hydrogen-bond donors (Lipinski definition) is 2. The molecule has 10 nitrogen and oxygen atoms in total. The van der Waals surface area contributed by atoms with Crippen LogP contribution in [0, 0.1) is 0 Å². The van der Waals surface area contributed by atoms with E-state index < -0.39 is 28.1 Å². The summed E-state index contributed by atoms with van der Waals surface area (Å²) in [6.45, 7) is 0.464. The first kappa shape index (κ1) is 25.5. The Hall–Kier alpha value is -3.15. The van der Waals surface area contributed by atoms with Crippen molar-refractivity contribution in [3.63, 3.8) is 0 Å². The highest BCUT2D eigenvalue weighted by atomic mass is 32.2. The molecule has 1 atom stereocenters. The van der Waals surface area contributed by atoms with E-state index >= 15 is 0 Å². The summed E-state index contributed by atoms with van der Waals surface area (Å²) in [5.74, 6) is -0.950. The second-order valence-electron chi connectivity index (χ2n) is 7.51. The van der Waals surface area contributed by atoms with Gasteiger partial charge in [0.15, 0.2) is 11.5 Å². The monoisotopic (exact) mass is 491 g/mol. The topological polar surface area (TPSA) is 123 Å². The van der Waals surface area contributed by atoms with Crippen molar-refractivity contribution in [2.24, 2.45) is 0 Å². The van der Waals surface area contributed by atoms with Gasteiger partial charge in [-0.15, -0.1) is 0 Å². The summed E-state index contributed by atoms with van der Waals surface area (Å²) < 4.78 is 43.3. The molecule has 0 radical (unpaired) electrons. The van der Waals surface area contributed by atoms with Gasteiger partial charge in [-0.3, -0.25) is 9.59 Å². The van der Waals surface area contributed by atoms with Crippen molar-refractivity contribution in [2.45, 2.75) is 24.0 Å². The van der Waals surface area contributed by atoms with Gasteiger partial charge in [0.2, 0.25) is 10.0 Å². The lowest BCUT2D eigenvalue weighted by molar-refractivity contribution is -0.139. The smallest absolute Gasteiger partial charge is 0.309 e. The Morgan fingerprint density at radius 3 is 2.44 bits per heavy atom. The van der Waals surface area contributed by atoms with Gasteiger partial charge in [0.1, 0.15) is 6.23 Å². The highest BCUT2D eigenvalue weighted by Crippen LogP contribution is 2.31. The summed E-state index contributed by atoms with van der Waals surface area (Å²) in [5.41, 5.74) is 1.15. The molecule has 0 aromatic heterocycles. The van der Waals surface area contributed by atoms with Crippen LogP contribution in [0.15, 0.2) is 53.4 Å². The van der Waals surface area contributed by atoms with E-state index in [2.05, 4.69) is 10.6 Å². The normalized spacial score (nSPS) is 16.1.